The number of aromatic nitrogens is 2. The summed E-state index contributed by atoms with van der Waals surface area (Å²) in [4.78, 5) is 35.5. The zero-order valence-electron chi connectivity index (χ0n) is 5.96. The molecule has 1 rings (SSSR count). The van der Waals surface area contributed by atoms with Gasteiger partial charge in [0.1, 0.15) is 0 Å². The predicted octanol–water partition coefficient (Wildman–Crippen LogP) is -1.31. The van der Waals surface area contributed by atoms with Gasteiger partial charge in [-0.25, -0.2) is 4.79 Å². The highest BCUT2D eigenvalue weighted by Gasteiger charge is 2.01. The van der Waals surface area contributed by atoms with Gasteiger partial charge in [0.2, 0.25) is 0 Å². The van der Waals surface area contributed by atoms with Crippen LogP contribution in [0.2, 0.25) is 0 Å². The van der Waals surface area contributed by atoms with Gasteiger partial charge in [0, 0.05) is 11.8 Å². The lowest BCUT2D eigenvalue weighted by molar-refractivity contribution is -0.136. The van der Waals surface area contributed by atoms with E-state index in [9.17, 15) is 14.4 Å². The van der Waals surface area contributed by atoms with E-state index in [2.05, 4.69) is 4.98 Å². The maximum Gasteiger partial charge on any atom is 0.325 e. The van der Waals surface area contributed by atoms with Gasteiger partial charge in [0.05, 0.1) is 6.42 Å². The molecule has 0 amide bonds. The summed E-state index contributed by atoms with van der Waals surface area (Å²) < 4.78 is 0. The number of carboxylic acids is 1. The van der Waals surface area contributed by atoms with E-state index in [1.807, 2.05) is 4.98 Å². The molecule has 0 radical (unpaired) electrons. The summed E-state index contributed by atoms with van der Waals surface area (Å²) in [5.74, 6) is -1.10. The maximum absolute atomic E-state index is 10.6. The van der Waals surface area contributed by atoms with Crippen molar-refractivity contribution in [3.63, 3.8) is 0 Å². The molecule has 1 heterocycles. The Kier molecular flexibility index (Phi) is 2.09. The fourth-order valence-corrected chi connectivity index (χ4v) is 0.778. The summed E-state index contributed by atoms with van der Waals surface area (Å²) in [6.45, 7) is 0. The second-order valence-electron chi connectivity index (χ2n) is 2.18. The molecule has 1 aromatic heterocycles. The average molecular weight is 170 g/mol. The first kappa shape index (κ1) is 8.25. The van der Waals surface area contributed by atoms with Gasteiger partial charge in [-0.15, -0.1) is 0 Å². The molecule has 0 atom stereocenters. The molecule has 0 unspecified atom stereocenters. The molecular weight excluding hydrogens is 164 g/mol. The summed E-state index contributed by atoms with van der Waals surface area (Å²) in [6, 6.07) is 1.04. The number of nitrogens with one attached hydrogen (secondary N) is 2. The van der Waals surface area contributed by atoms with Crippen molar-refractivity contribution in [2.24, 2.45) is 0 Å². The van der Waals surface area contributed by atoms with Crippen LogP contribution < -0.4 is 11.2 Å². The summed E-state index contributed by atoms with van der Waals surface area (Å²) in [5, 5.41) is 8.31. The van der Waals surface area contributed by atoms with Crippen molar-refractivity contribution in [1.29, 1.82) is 0 Å². The number of H-pyrrole nitrogens is 2. The van der Waals surface area contributed by atoms with Crippen molar-refractivity contribution in [2.45, 2.75) is 6.42 Å². The fourth-order valence-electron chi connectivity index (χ4n) is 0.778. The predicted molar refractivity (Wildman–Crippen MR) is 39.0 cm³/mol. The van der Waals surface area contributed by atoms with Crippen LogP contribution in [0.4, 0.5) is 0 Å². The number of hydrogen-bond donors (Lipinski definition) is 3. The molecule has 3 N–H and O–H groups in total. The zero-order valence-corrected chi connectivity index (χ0v) is 5.96. The molecule has 0 aliphatic carbocycles. The lowest BCUT2D eigenvalue weighted by Gasteiger charge is -1.93. The van der Waals surface area contributed by atoms with Crippen LogP contribution in [0.15, 0.2) is 15.7 Å². The Morgan fingerprint density at radius 2 is 2.08 bits per heavy atom. The van der Waals surface area contributed by atoms with Gasteiger partial charge in [-0.3, -0.25) is 14.6 Å². The van der Waals surface area contributed by atoms with Crippen LogP contribution in [0.1, 0.15) is 5.69 Å². The topological polar surface area (TPSA) is 103 Å². The molecule has 0 aromatic carbocycles. The van der Waals surface area contributed by atoms with Crippen molar-refractivity contribution < 1.29 is 9.90 Å². The number of aromatic amines is 2. The van der Waals surface area contributed by atoms with Crippen LogP contribution in [0.5, 0.6) is 0 Å². The third-order valence-electron chi connectivity index (χ3n) is 1.16. The van der Waals surface area contributed by atoms with Crippen molar-refractivity contribution in [3.8, 4) is 0 Å². The molecule has 1 aromatic rings. The van der Waals surface area contributed by atoms with E-state index in [-0.39, 0.29) is 12.1 Å². The van der Waals surface area contributed by atoms with Gasteiger partial charge in [-0.05, 0) is 0 Å². The largest absolute Gasteiger partial charge is 0.481 e. The van der Waals surface area contributed by atoms with Gasteiger partial charge >= 0.3 is 11.7 Å². The van der Waals surface area contributed by atoms with E-state index in [4.69, 9.17) is 5.11 Å². The summed E-state index contributed by atoms with van der Waals surface area (Å²) in [5.41, 5.74) is -1.20. The van der Waals surface area contributed by atoms with Crippen LogP contribution in [0.3, 0.4) is 0 Å². The summed E-state index contributed by atoms with van der Waals surface area (Å²) >= 11 is 0. The van der Waals surface area contributed by atoms with Crippen molar-refractivity contribution in [3.05, 3.63) is 32.6 Å². The first-order valence-electron chi connectivity index (χ1n) is 3.12. The Balaban J connectivity index is 3.09. The van der Waals surface area contributed by atoms with Gasteiger partial charge < -0.3 is 10.1 Å². The Morgan fingerprint density at radius 1 is 1.42 bits per heavy atom. The normalized spacial score (nSPS) is 9.67. The molecule has 6 nitrogen and oxygen atoms in total. The average Bonchev–Trinajstić information content (AvgIpc) is 1.81. The smallest absolute Gasteiger partial charge is 0.325 e. The fraction of sp³-hybridized carbons (Fsp3) is 0.167. The highest BCUT2D eigenvalue weighted by Crippen LogP contribution is 1.86. The number of carbonyl (C=O) groups is 1. The van der Waals surface area contributed by atoms with Crippen LogP contribution in [-0.2, 0) is 11.2 Å². The third-order valence-corrected chi connectivity index (χ3v) is 1.16. The van der Waals surface area contributed by atoms with Crippen molar-refractivity contribution >= 4 is 5.97 Å². The summed E-state index contributed by atoms with van der Waals surface area (Å²) in [7, 11) is 0. The molecule has 0 fully saturated rings. The van der Waals surface area contributed by atoms with E-state index < -0.39 is 17.2 Å². The molecule has 0 saturated carbocycles. The molecule has 0 bridgehead atoms. The van der Waals surface area contributed by atoms with Gasteiger partial charge in [0.25, 0.3) is 5.56 Å². The second-order valence-corrected chi connectivity index (χ2v) is 2.18. The van der Waals surface area contributed by atoms with E-state index in [0.29, 0.717) is 0 Å². The van der Waals surface area contributed by atoms with E-state index in [0.717, 1.165) is 6.07 Å². The highest BCUT2D eigenvalue weighted by molar-refractivity contribution is 5.69. The minimum Gasteiger partial charge on any atom is -0.481 e. The monoisotopic (exact) mass is 170 g/mol. The molecule has 0 saturated heterocycles. The Hall–Kier alpha value is -1.85. The lowest BCUT2D eigenvalue weighted by Crippen LogP contribution is -2.23. The van der Waals surface area contributed by atoms with Gasteiger partial charge in [-0.2, -0.15) is 0 Å². The Bertz CT molecular complexity index is 374. The van der Waals surface area contributed by atoms with Crippen LogP contribution in [-0.4, -0.2) is 21.0 Å². The van der Waals surface area contributed by atoms with Gasteiger partial charge in [0.15, 0.2) is 0 Å². The van der Waals surface area contributed by atoms with Crippen molar-refractivity contribution in [2.75, 3.05) is 0 Å². The summed E-state index contributed by atoms with van der Waals surface area (Å²) in [6.07, 6.45) is -0.362. The number of carboxylic acid groups (broad SMARTS) is 1. The minimum absolute atomic E-state index is 0.0938. The molecule has 0 aliphatic rings. The van der Waals surface area contributed by atoms with E-state index in [1.165, 1.54) is 0 Å². The SMILES string of the molecule is O=C(O)Cc1cc(=O)[nH]c(=O)[nH]1. The lowest BCUT2D eigenvalue weighted by atomic mass is 10.3. The molecule has 6 heteroatoms. The Morgan fingerprint density at radius 3 is 2.58 bits per heavy atom. The number of aliphatic carboxylic acids is 1. The van der Waals surface area contributed by atoms with E-state index in [1.54, 1.807) is 0 Å². The minimum atomic E-state index is -1.10. The highest BCUT2D eigenvalue weighted by atomic mass is 16.4. The van der Waals surface area contributed by atoms with E-state index >= 15 is 0 Å². The molecule has 0 aliphatic heterocycles. The number of hydrogen-bond acceptors (Lipinski definition) is 3. The van der Waals surface area contributed by atoms with Crippen LogP contribution in [0.25, 0.3) is 0 Å². The quantitative estimate of drug-likeness (QED) is 0.512. The first-order chi connectivity index (χ1) is 5.58. The van der Waals surface area contributed by atoms with Crippen LogP contribution >= 0.6 is 0 Å². The third kappa shape index (κ3) is 2.08. The first-order valence-corrected chi connectivity index (χ1v) is 3.12. The van der Waals surface area contributed by atoms with Crippen molar-refractivity contribution in [1.82, 2.24) is 9.97 Å². The molecular formula is C6H6N2O4. The standard InChI is InChI=1S/C6H6N2O4/c9-4-1-3(2-5(10)11)7-6(12)8-4/h1H,2H2,(H,10,11)(H2,7,8,9,12). The zero-order chi connectivity index (χ0) is 9.14. The second kappa shape index (κ2) is 3.04. The van der Waals surface area contributed by atoms with Gasteiger partial charge in [-0.1, -0.05) is 0 Å². The molecule has 64 valence electrons. The maximum atomic E-state index is 10.6. The number of rotatable bonds is 2. The molecule has 0 spiro atoms. The molecule has 12 heavy (non-hydrogen) atoms. The Labute approximate surface area is 65.9 Å². The van der Waals surface area contributed by atoms with Crippen LogP contribution in [0, 0.1) is 0 Å².